The fraction of sp³-hybridized carbons (Fsp3) is 0.909. The Bertz CT molecular complexity index is 211. The van der Waals surface area contributed by atoms with Gasteiger partial charge in [0.15, 0.2) is 0 Å². The molecule has 3 unspecified atom stereocenters. The number of ether oxygens (including phenoxy) is 1. The number of methoxy groups -OCH3 is 1. The largest absolute Gasteiger partial charge is 0.469 e. The minimum atomic E-state index is -0.124. The maximum absolute atomic E-state index is 11.2. The maximum atomic E-state index is 11.2. The SMILES string of the molecule is COC(=O)C(C)CNC1CCCC1SC. The molecule has 0 bridgehead atoms. The van der Waals surface area contributed by atoms with E-state index in [4.69, 9.17) is 4.74 Å². The van der Waals surface area contributed by atoms with Crippen molar-refractivity contribution in [2.24, 2.45) is 5.92 Å². The number of hydrogen-bond donors (Lipinski definition) is 1. The molecule has 0 aromatic carbocycles. The van der Waals surface area contributed by atoms with Crippen molar-refractivity contribution in [1.82, 2.24) is 5.32 Å². The Hall–Kier alpha value is -0.220. The van der Waals surface area contributed by atoms with Crippen molar-refractivity contribution in [1.29, 1.82) is 0 Å². The molecule has 0 amide bonds. The lowest BCUT2D eigenvalue weighted by Crippen LogP contribution is -2.38. The van der Waals surface area contributed by atoms with Crippen LogP contribution in [0.2, 0.25) is 0 Å². The highest BCUT2D eigenvalue weighted by molar-refractivity contribution is 7.99. The van der Waals surface area contributed by atoms with Gasteiger partial charge in [-0.1, -0.05) is 13.3 Å². The standard InChI is InChI=1S/C11H21NO2S/c1-8(11(13)14-2)7-12-9-5-4-6-10(9)15-3/h8-10,12H,4-7H2,1-3H3. The lowest BCUT2D eigenvalue weighted by Gasteiger charge is -2.20. The van der Waals surface area contributed by atoms with Crippen LogP contribution in [0.25, 0.3) is 0 Å². The molecule has 0 radical (unpaired) electrons. The molecule has 1 N–H and O–H groups in total. The van der Waals surface area contributed by atoms with Gasteiger partial charge in [0, 0.05) is 17.8 Å². The quantitative estimate of drug-likeness (QED) is 0.731. The first-order chi connectivity index (χ1) is 7.19. The van der Waals surface area contributed by atoms with Crippen LogP contribution < -0.4 is 5.32 Å². The first-order valence-corrected chi connectivity index (χ1v) is 6.81. The number of thioether (sulfide) groups is 1. The molecular formula is C11H21NO2S. The molecule has 4 heteroatoms. The van der Waals surface area contributed by atoms with E-state index in [1.54, 1.807) is 0 Å². The minimum Gasteiger partial charge on any atom is -0.469 e. The Morgan fingerprint density at radius 3 is 2.93 bits per heavy atom. The molecule has 1 saturated carbocycles. The van der Waals surface area contributed by atoms with Crippen molar-refractivity contribution in [2.45, 2.75) is 37.5 Å². The van der Waals surface area contributed by atoms with Crippen LogP contribution in [0, 0.1) is 5.92 Å². The normalized spacial score (nSPS) is 27.7. The molecule has 3 nitrogen and oxygen atoms in total. The molecule has 3 atom stereocenters. The summed E-state index contributed by atoms with van der Waals surface area (Å²) in [5, 5.41) is 4.19. The van der Waals surface area contributed by atoms with Crippen molar-refractivity contribution in [2.75, 3.05) is 19.9 Å². The van der Waals surface area contributed by atoms with Gasteiger partial charge in [-0.25, -0.2) is 0 Å². The monoisotopic (exact) mass is 231 g/mol. The number of carbonyl (C=O) groups excluding carboxylic acids is 1. The first kappa shape index (κ1) is 12.8. The molecule has 0 saturated heterocycles. The summed E-state index contributed by atoms with van der Waals surface area (Å²) < 4.78 is 4.70. The van der Waals surface area contributed by atoms with Crippen LogP contribution in [0.5, 0.6) is 0 Å². The average Bonchev–Trinajstić information content (AvgIpc) is 2.71. The van der Waals surface area contributed by atoms with Gasteiger partial charge in [0.2, 0.25) is 0 Å². The Labute approximate surface area is 96.3 Å². The fourth-order valence-corrected chi connectivity index (χ4v) is 3.02. The molecule has 1 aliphatic carbocycles. The lowest BCUT2D eigenvalue weighted by molar-refractivity contribution is -0.144. The molecular weight excluding hydrogens is 210 g/mol. The summed E-state index contributed by atoms with van der Waals surface area (Å²) in [5.41, 5.74) is 0. The van der Waals surface area contributed by atoms with Gasteiger partial charge >= 0.3 is 5.97 Å². The molecule has 88 valence electrons. The van der Waals surface area contributed by atoms with E-state index in [1.165, 1.54) is 26.4 Å². The summed E-state index contributed by atoms with van der Waals surface area (Å²) in [6.07, 6.45) is 6.00. The van der Waals surface area contributed by atoms with Crippen molar-refractivity contribution in [3.8, 4) is 0 Å². The second kappa shape index (κ2) is 6.38. The lowest BCUT2D eigenvalue weighted by atomic mass is 10.1. The summed E-state index contributed by atoms with van der Waals surface area (Å²) in [4.78, 5) is 11.2. The van der Waals surface area contributed by atoms with E-state index in [0.29, 0.717) is 6.04 Å². The second-order valence-electron chi connectivity index (χ2n) is 4.14. The van der Waals surface area contributed by atoms with Crippen molar-refractivity contribution < 1.29 is 9.53 Å². The molecule has 1 fully saturated rings. The van der Waals surface area contributed by atoms with E-state index in [0.717, 1.165) is 11.8 Å². The minimum absolute atomic E-state index is 0.0434. The molecule has 1 rings (SSSR count). The van der Waals surface area contributed by atoms with Crippen LogP contribution >= 0.6 is 11.8 Å². The highest BCUT2D eigenvalue weighted by Crippen LogP contribution is 2.28. The smallest absolute Gasteiger partial charge is 0.309 e. The highest BCUT2D eigenvalue weighted by Gasteiger charge is 2.26. The Kier molecular flexibility index (Phi) is 5.47. The predicted octanol–water partition coefficient (Wildman–Crippen LogP) is 1.67. The zero-order chi connectivity index (χ0) is 11.3. The van der Waals surface area contributed by atoms with Crippen molar-refractivity contribution >= 4 is 17.7 Å². The van der Waals surface area contributed by atoms with Gasteiger partial charge in [0.05, 0.1) is 13.0 Å². The number of rotatable bonds is 5. The van der Waals surface area contributed by atoms with Crippen LogP contribution in [0.4, 0.5) is 0 Å². The van der Waals surface area contributed by atoms with Crippen LogP contribution in [0.3, 0.4) is 0 Å². The van der Waals surface area contributed by atoms with Crippen LogP contribution in [0.1, 0.15) is 26.2 Å². The fourth-order valence-electron chi connectivity index (χ4n) is 2.05. The number of esters is 1. The average molecular weight is 231 g/mol. The number of nitrogens with one attached hydrogen (secondary N) is 1. The van der Waals surface area contributed by atoms with Crippen molar-refractivity contribution in [3.63, 3.8) is 0 Å². The Morgan fingerprint density at radius 1 is 1.60 bits per heavy atom. The van der Waals surface area contributed by atoms with Gasteiger partial charge in [-0.15, -0.1) is 0 Å². The zero-order valence-corrected chi connectivity index (χ0v) is 10.6. The van der Waals surface area contributed by atoms with E-state index in [1.807, 2.05) is 18.7 Å². The summed E-state index contributed by atoms with van der Waals surface area (Å²) in [6, 6.07) is 0.576. The van der Waals surface area contributed by atoms with E-state index >= 15 is 0 Å². The van der Waals surface area contributed by atoms with E-state index in [-0.39, 0.29) is 11.9 Å². The topological polar surface area (TPSA) is 38.3 Å². The summed E-state index contributed by atoms with van der Waals surface area (Å²) in [5.74, 6) is -0.167. The van der Waals surface area contributed by atoms with Crippen LogP contribution in [-0.4, -0.2) is 37.2 Å². The third-order valence-corrected chi connectivity index (χ3v) is 4.21. The third kappa shape index (κ3) is 3.68. The van der Waals surface area contributed by atoms with Gasteiger partial charge in [0.25, 0.3) is 0 Å². The highest BCUT2D eigenvalue weighted by atomic mass is 32.2. The first-order valence-electron chi connectivity index (χ1n) is 5.53. The third-order valence-electron chi connectivity index (χ3n) is 3.05. The Morgan fingerprint density at radius 2 is 2.33 bits per heavy atom. The molecule has 0 spiro atoms. The molecule has 0 aromatic rings. The van der Waals surface area contributed by atoms with Crippen LogP contribution in [-0.2, 0) is 9.53 Å². The van der Waals surface area contributed by atoms with Gasteiger partial charge in [-0.2, -0.15) is 11.8 Å². The molecule has 15 heavy (non-hydrogen) atoms. The second-order valence-corrected chi connectivity index (χ2v) is 5.22. The summed E-state index contributed by atoms with van der Waals surface area (Å²) >= 11 is 1.93. The molecule has 1 aliphatic rings. The summed E-state index contributed by atoms with van der Waals surface area (Å²) in [7, 11) is 1.44. The molecule has 0 aromatic heterocycles. The zero-order valence-electron chi connectivity index (χ0n) is 9.79. The molecule has 0 heterocycles. The summed E-state index contributed by atoms with van der Waals surface area (Å²) in [6.45, 7) is 2.64. The van der Waals surface area contributed by atoms with Crippen molar-refractivity contribution in [3.05, 3.63) is 0 Å². The molecule has 0 aliphatic heterocycles. The number of carbonyl (C=O) groups is 1. The van der Waals surface area contributed by atoms with Gasteiger partial charge in [0.1, 0.15) is 0 Å². The van der Waals surface area contributed by atoms with E-state index < -0.39 is 0 Å². The predicted molar refractivity (Wildman–Crippen MR) is 64.1 cm³/mol. The van der Waals surface area contributed by atoms with Gasteiger partial charge in [-0.3, -0.25) is 4.79 Å². The van der Waals surface area contributed by atoms with E-state index in [2.05, 4.69) is 11.6 Å². The Balaban J connectivity index is 2.27. The van der Waals surface area contributed by atoms with Gasteiger partial charge < -0.3 is 10.1 Å². The van der Waals surface area contributed by atoms with E-state index in [9.17, 15) is 4.79 Å². The van der Waals surface area contributed by atoms with Gasteiger partial charge in [-0.05, 0) is 19.1 Å². The number of hydrogen-bond acceptors (Lipinski definition) is 4. The van der Waals surface area contributed by atoms with Crippen LogP contribution in [0.15, 0.2) is 0 Å². The maximum Gasteiger partial charge on any atom is 0.309 e.